The number of hydrogen-bond acceptors (Lipinski definition) is 3. The molecule has 0 aliphatic rings. The number of benzene rings is 2. The summed E-state index contributed by atoms with van der Waals surface area (Å²) in [5, 5.41) is 12.6. The predicted octanol–water partition coefficient (Wildman–Crippen LogP) is 4.13. The number of anilines is 3. The summed E-state index contributed by atoms with van der Waals surface area (Å²) < 4.78 is 0.869. The Kier molecular flexibility index (Phi) is 3.97. The molecule has 4 nitrogen and oxygen atoms in total. The number of hydrogen-bond donors (Lipinski definition) is 3. The molecule has 0 bridgehead atoms. The van der Waals surface area contributed by atoms with Crippen LogP contribution in [0.5, 0.6) is 0 Å². The highest BCUT2D eigenvalue weighted by Gasteiger charge is 2.09. The van der Waals surface area contributed by atoms with Crippen LogP contribution in [-0.2, 0) is 0 Å². The Labute approximate surface area is 123 Å². The Morgan fingerprint density at radius 1 is 1.26 bits per heavy atom. The summed E-state index contributed by atoms with van der Waals surface area (Å²) in [6.07, 6.45) is 0. The van der Waals surface area contributed by atoms with Crippen LogP contribution in [0.15, 0.2) is 40.9 Å². The molecule has 0 saturated carbocycles. The Morgan fingerprint density at radius 2 is 2.00 bits per heavy atom. The topological polar surface area (TPSA) is 75.3 Å². The minimum Gasteiger partial charge on any atom is -0.478 e. The Balaban J connectivity index is 2.36. The van der Waals surface area contributed by atoms with Crippen LogP contribution in [0.1, 0.15) is 10.4 Å². The summed E-state index contributed by atoms with van der Waals surface area (Å²) in [5.74, 6) is -1.07. The smallest absolute Gasteiger partial charge is 0.337 e. The zero-order valence-corrected chi connectivity index (χ0v) is 12.0. The van der Waals surface area contributed by atoms with Crippen molar-refractivity contribution in [2.45, 2.75) is 0 Å². The standard InChI is InChI=1S/C13H10BrClN2O2/c14-7-1-3-10(15)12(5-7)17-8-2-4-11(16)9(6-8)13(18)19/h1-6,17H,16H2,(H,18,19). The van der Waals surface area contributed by atoms with Gasteiger partial charge in [-0.2, -0.15) is 0 Å². The van der Waals surface area contributed by atoms with Crippen molar-refractivity contribution < 1.29 is 9.90 Å². The molecule has 0 heterocycles. The van der Waals surface area contributed by atoms with Crippen molar-refractivity contribution in [1.29, 1.82) is 0 Å². The van der Waals surface area contributed by atoms with Crippen LogP contribution in [0.2, 0.25) is 5.02 Å². The quantitative estimate of drug-likeness (QED) is 0.734. The summed E-state index contributed by atoms with van der Waals surface area (Å²) in [6, 6.07) is 10.1. The van der Waals surface area contributed by atoms with Crippen molar-refractivity contribution in [1.82, 2.24) is 0 Å². The summed E-state index contributed by atoms with van der Waals surface area (Å²) in [4.78, 5) is 11.0. The molecule has 0 aliphatic heterocycles. The number of nitrogens with two attached hydrogens (primary N) is 1. The first-order valence-corrected chi connectivity index (χ1v) is 6.49. The maximum atomic E-state index is 11.0. The lowest BCUT2D eigenvalue weighted by Gasteiger charge is -2.10. The van der Waals surface area contributed by atoms with Gasteiger partial charge in [-0.3, -0.25) is 0 Å². The highest BCUT2D eigenvalue weighted by Crippen LogP contribution is 2.29. The van der Waals surface area contributed by atoms with Crippen LogP contribution in [0.25, 0.3) is 0 Å². The number of rotatable bonds is 3. The van der Waals surface area contributed by atoms with Crippen molar-refractivity contribution in [3.8, 4) is 0 Å². The molecule has 2 aromatic carbocycles. The third-order valence-electron chi connectivity index (χ3n) is 2.49. The van der Waals surface area contributed by atoms with Crippen LogP contribution in [-0.4, -0.2) is 11.1 Å². The van der Waals surface area contributed by atoms with Gasteiger partial charge in [-0.05, 0) is 36.4 Å². The number of carboxylic acids is 1. The van der Waals surface area contributed by atoms with Crippen LogP contribution in [0, 0.1) is 0 Å². The molecule has 0 saturated heterocycles. The van der Waals surface area contributed by atoms with Gasteiger partial charge >= 0.3 is 5.97 Å². The van der Waals surface area contributed by atoms with Gasteiger partial charge in [0.1, 0.15) is 0 Å². The minimum atomic E-state index is -1.07. The molecule has 0 aromatic heterocycles. The Morgan fingerprint density at radius 3 is 2.68 bits per heavy atom. The molecule has 0 atom stereocenters. The molecule has 2 rings (SSSR count). The van der Waals surface area contributed by atoms with E-state index in [-0.39, 0.29) is 11.3 Å². The fourth-order valence-corrected chi connectivity index (χ4v) is 2.09. The number of carboxylic acid groups (broad SMARTS) is 1. The van der Waals surface area contributed by atoms with E-state index in [9.17, 15) is 4.79 Å². The second-order valence-electron chi connectivity index (χ2n) is 3.86. The lowest BCUT2D eigenvalue weighted by Crippen LogP contribution is -2.03. The first-order valence-electron chi connectivity index (χ1n) is 5.32. The summed E-state index contributed by atoms with van der Waals surface area (Å²) >= 11 is 9.40. The molecule has 6 heteroatoms. The van der Waals surface area contributed by atoms with Gasteiger partial charge in [-0.25, -0.2) is 4.79 Å². The maximum absolute atomic E-state index is 11.0. The van der Waals surface area contributed by atoms with Crippen LogP contribution < -0.4 is 11.1 Å². The molecule has 2 aromatic rings. The normalized spacial score (nSPS) is 10.2. The average Bonchev–Trinajstić information content (AvgIpc) is 2.36. The number of aromatic carboxylic acids is 1. The first kappa shape index (κ1) is 13.7. The van der Waals surface area contributed by atoms with Gasteiger partial charge in [0, 0.05) is 15.8 Å². The van der Waals surface area contributed by atoms with Gasteiger partial charge in [-0.1, -0.05) is 27.5 Å². The number of halogens is 2. The number of nitrogen functional groups attached to an aromatic ring is 1. The maximum Gasteiger partial charge on any atom is 0.337 e. The van der Waals surface area contributed by atoms with E-state index in [1.54, 1.807) is 18.2 Å². The van der Waals surface area contributed by atoms with Crippen molar-refractivity contribution in [3.05, 3.63) is 51.5 Å². The molecule has 0 aliphatic carbocycles. The van der Waals surface area contributed by atoms with E-state index in [1.165, 1.54) is 12.1 Å². The van der Waals surface area contributed by atoms with E-state index < -0.39 is 5.97 Å². The Hall–Kier alpha value is -1.72. The second-order valence-corrected chi connectivity index (χ2v) is 5.18. The summed E-state index contributed by atoms with van der Waals surface area (Å²) in [7, 11) is 0. The highest BCUT2D eigenvalue weighted by atomic mass is 79.9. The molecule has 0 unspecified atom stereocenters. The van der Waals surface area contributed by atoms with Crippen LogP contribution >= 0.6 is 27.5 Å². The fourth-order valence-electron chi connectivity index (χ4n) is 1.57. The van der Waals surface area contributed by atoms with Gasteiger partial charge in [0.25, 0.3) is 0 Å². The van der Waals surface area contributed by atoms with E-state index in [2.05, 4.69) is 21.2 Å². The molecule has 4 N–H and O–H groups in total. The first-order chi connectivity index (χ1) is 8.97. The molecule has 98 valence electrons. The molecular weight excluding hydrogens is 332 g/mol. The van der Waals surface area contributed by atoms with E-state index in [0.29, 0.717) is 16.4 Å². The summed E-state index contributed by atoms with van der Waals surface area (Å²) in [6.45, 7) is 0. The Bertz CT molecular complexity index is 647. The number of nitrogens with one attached hydrogen (secondary N) is 1. The van der Waals surface area contributed by atoms with Crippen LogP contribution in [0.3, 0.4) is 0 Å². The lowest BCUT2D eigenvalue weighted by atomic mass is 10.1. The second kappa shape index (κ2) is 5.50. The van der Waals surface area contributed by atoms with E-state index in [0.717, 1.165) is 4.47 Å². The van der Waals surface area contributed by atoms with Gasteiger partial charge in [0.15, 0.2) is 0 Å². The van der Waals surface area contributed by atoms with Gasteiger partial charge in [-0.15, -0.1) is 0 Å². The van der Waals surface area contributed by atoms with Gasteiger partial charge in [0.05, 0.1) is 16.3 Å². The minimum absolute atomic E-state index is 0.0520. The van der Waals surface area contributed by atoms with Crippen molar-refractivity contribution in [2.24, 2.45) is 0 Å². The molecule has 0 amide bonds. The largest absolute Gasteiger partial charge is 0.478 e. The number of carbonyl (C=O) groups is 1. The SMILES string of the molecule is Nc1ccc(Nc2cc(Br)ccc2Cl)cc1C(=O)O. The third kappa shape index (κ3) is 3.19. The molecular formula is C13H10BrClN2O2. The summed E-state index contributed by atoms with van der Waals surface area (Å²) in [5.41, 5.74) is 7.15. The van der Waals surface area contributed by atoms with Crippen molar-refractivity contribution in [3.63, 3.8) is 0 Å². The third-order valence-corrected chi connectivity index (χ3v) is 3.31. The van der Waals surface area contributed by atoms with E-state index in [1.807, 2.05) is 6.07 Å². The molecule has 0 fully saturated rings. The predicted molar refractivity (Wildman–Crippen MR) is 80.2 cm³/mol. The van der Waals surface area contributed by atoms with E-state index >= 15 is 0 Å². The van der Waals surface area contributed by atoms with Crippen molar-refractivity contribution >= 4 is 50.6 Å². The lowest BCUT2D eigenvalue weighted by molar-refractivity contribution is 0.0698. The monoisotopic (exact) mass is 340 g/mol. The fraction of sp³-hybridized carbons (Fsp3) is 0. The zero-order valence-electron chi connectivity index (χ0n) is 9.65. The van der Waals surface area contributed by atoms with Crippen LogP contribution in [0.4, 0.5) is 17.1 Å². The molecule has 0 radical (unpaired) electrons. The van der Waals surface area contributed by atoms with Crippen molar-refractivity contribution in [2.75, 3.05) is 11.1 Å². The molecule has 0 spiro atoms. The van der Waals surface area contributed by atoms with E-state index in [4.69, 9.17) is 22.4 Å². The highest BCUT2D eigenvalue weighted by molar-refractivity contribution is 9.10. The molecule has 19 heavy (non-hydrogen) atoms. The van der Waals surface area contributed by atoms with Gasteiger partial charge < -0.3 is 16.2 Å². The average molecular weight is 342 g/mol. The zero-order chi connectivity index (χ0) is 14.0. The van der Waals surface area contributed by atoms with Gasteiger partial charge in [0.2, 0.25) is 0 Å².